The van der Waals surface area contributed by atoms with Crippen molar-refractivity contribution in [3.05, 3.63) is 42.6 Å². The minimum atomic E-state index is -0.503. The highest BCUT2D eigenvalue weighted by Crippen LogP contribution is 2.35. The normalized spacial score (nSPS) is 14.6. The molecule has 1 aromatic carbocycles. The third-order valence-electron chi connectivity index (χ3n) is 3.14. The van der Waals surface area contributed by atoms with Gasteiger partial charge in [-0.05, 0) is 12.1 Å². The van der Waals surface area contributed by atoms with Crippen molar-refractivity contribution < 1.29 is 4.39 Å². The number of nitrogens with zero attached hydrogens (tertiary/aromatic N) is 4. The van der Waals surface area contributed by atoms with E-state index in [1.165, 1.54) is 12.4 Å². The van der Waals surface area contributed by atoms with Crippen molar-refractivity contribution in [1.82, 2.24) is 9.97 Å². The Morgan fingerprint density at radius 3 is 2.67 bits per heavy atom. The second-order valence-corrected chi connectivity index (χ2v) is 4.26. The van der Waals surface area contributed by atoms with E-state index in [9.17, 15) is 4.39 Å². The van der Waals surface area contributed by atoms with Crippen LogP contribution in [0.2, 0.25) is 0 Å². The highest BCUT2D eigenvalue weighted by atomic mass is 19.1. The van der Waals surface area contributed by atoms with Gasteiger partial charge in [-0.15, -0.1) is 0 Å². The number of likely N-dealkylation sites (N-methyl/N-ethyl adjacent to an activating group) is 1. The van der Waals surface area contributed by atoms with E-state index >= 15 is 0 Å². The second-order valence-electron chi connectivity index (χ2n) is 4.26. The molecule has 2 aromatic rings. The number of hydrogen-bond acceptors (Lipinski definition) is 4. The van der Waals surface area contributed by atoms with Gasteiger partial charge < -0.3 is 9.80 Å². The van der Waals surface area contributed by atoms with E-state index < -0.39 is 5.95 Å². The molecule has 1 aliphatic heterocycles. The molecule has 0 amide bonds. The summed E-state index contributed by atoms with van der Waals surface area (Å²) in [7, 11) is 2.05. The van der Waals surface area contributed by atoms with Gasteiger partial charge in [-0.1, -0.05) is 12.1 Å². The number of halogens is 1. The van der Waals surface area contributed by atoms with Crippen LogP contribution in [0.4, 0.5) is 21.6 Å². The zero-order valence-corrected chi connectivity index (χ0v) is 10.0. The van der Waals surface area contributed by atoms with Crippen molar-refractivity contribution in [2.45, 2.75) is 0 Å². The van der Waals surface area contributed by atoms with Crippen molar-refractivity contribution in [2.75, 3.05) is 29.9 Å². The molecule has 1 aromatic heterocycles. The molecule has 1 aliphatic rings. The van der Waals surface area contributed by atoms with Gasteiger partial charge in [-0.25, -0.2) is 9.97 Å². The molecule has 0 saturated heterocycles. The maximum absolute atomic E-state index is 13.2. The van der Waals surface area contributed by atoms with Crippen LogP contribution in [0.3, 0.4) is 0 Å². The lowest BCUT2D eigenvalue weighted by Crippen LogP contribution is -2.36. The molecule has 0 fully saturated rings. The summed E-state index contributed by atoms with van der Waals surface area (Å²) in [4.78, 5) is 11.8. The van der Waals surface area contributed by atoms with Crippen LogP contribution in [0.25, 0.3) is 0 Å². The van der Waals surface area contributed by atoms with Crippen LogP contribution in [0.5, 0.6) is 0 Å². The molecule has 5 heteroatoms. The van der Waals surface area contributed by atoms with Crippen LogP contribution in [0.15, 0.2) is 36.7 Å². The number of aromatic nitrogens is 2. The Morgan fingerprint density at radius 1 is 1.11 bits per heavy atom. The average molecular weight is 244 g/mol. The Morgan fingerprint density at radius 2 is 1.89 bits per heavy atom. The van der Waals surface area contributed by atoms with Crippen LogP contribution in [0.1, 0.15) is 0 Å². The lowest BCUT2D eigenvalue weighted by Gasteiger charge is -2.36. The SMILES string of the molecule is CN1CCN(c2cc(F)ncn2)c2ccccc21. The lowest BCUT2D eigenvalue weighted by molar-refractivity contribution is 0.579. The van der Waals surface area contributed by atoms with E-state index in [-0.39, 0.29) is 0 Å². The predicted molar refractivity (Wildman–Crippen MR) is 68.7 cm³/mol. The number of hydrogen-bond donors (Lipinski definition) is 0. The third-order valence-corrected chi connectivity index (χ3v) is 3.14. The van der Waals surface area contributed by atoms with E-state index in [1.54, 1.807) is 0 Å². The molecule has 4 nitrogen and oxygen atoms in total. The first kappa shape index (κ1) is 11.0. The first-order valence-electron chi connectivity index (χ1n) is 5.81. The number of para-hydroxylation sites is 2. The number of fused-ring (bicyclic) bond motifs is 1. The van der Waals surface area contributed by atoms with E-state index in [4.69, 9.17) is 0 Å². The Bertz CT molecular complexity index is 572. The Kier molecular flexibility index (Phi) is 2.59. The van der Waals surface area contributed by atoms with Gasteiger partial charge >= 0.3 is 0 Å². The average Bonchev–Trinajstić information content (AvgIpc) is 2.39. The summed E-state index contributed by atoms with van der Waals surface area (Å²) < 4.78 is 13.2. The summed E-state index contributed by atoms with van der Waals surface area (Å²) in [6.07, 6.45) is 1.26. The van der Waals surface area contributed by atoms with Crippen molar-refractivity contribution in [2.24, 2.45) is 0 Å². The molecule has 0 aliphatic carbocycles. The van der Waals surface area contributed by atoms with E-state index in [1.807, 2.05) is 23.1 Å². The van der Waals surface area contributed by atoms with Crippen LogP contribution in [0, 0.1) is 5.95 Å². The lowest BCUT2D eigenvalue weighted by atomic mass is 10.2. The molecule has 0 atom stereocenters. The first-order chi connectivity index (χ1) is 8.75. The van der Waals surface area contributed by atoms with Gasteiger partial charge in [-0.3, -0.25) is 0 Å². The molecular formula is C13H13FN4. The summed E-state index contributed by atoms with van der Waals surface area (Å²) in [6.45, 7) is 1.66. The molecule has 92 valence electrons. The van der Waals surface area contributed by atoms with E-state index in [0.717, 1.165) is 24.5 Å². The fraction of sp³-hybridized carbons (Fsp3) is 0.231. The minimum absolute atomic E-state index is 0.503. The fourth-order valence-corrected chi connectivity index (χ4v) is 2.22. The number of benzene rings is 1. The van der Waals surface area contributed by atoms with Gasteiger partial charge in [0, 0.05) is 26.2 Å². The van der Waals surface area contributed by atoms with Crippen LogP contribution < -0.4 is 9.80 Å². The molecule has 0 spiro atoms. The summed E-state index contributed by atoms with van der Waals surface area (Å²) >= 11 is 0. The van der Waals surface area contributed by atoms with Crippen molar-refractivity contribution in [1.29, 1.82) is 0 Å². The van der Waals surface area contributed by atoms with Gasteiger partial charge in [-0.2, -0.15) is 4.39 Å². The van der Waals surface area contributed by atoms with Crippen molar-refractivity contribution in [3.63, 3.8) is 0 Å². The van der Waals surface area contributed by atoms with Crippen LogP contribution in [-0.4, -0.2) is 30.1 Å². The van der Waals surface area contributed by atoms with Crippen molar-refractivity contribution in [3.8, 4) is 0 Å². The molecule has 3 rings (SSSR count). The summed E-state index contributed by atoms with van der Waals surface area (Å²) in [5, 5.41) is 0. The maximum atomic E-state index is 13.2. The molecule has 2 heterocycles. The number of anilines is 3. The predicted octanol–water partition coefficient (Wildman–Crippen LogP) is 2.20. The zero-order chi connectivity index (χ0) is 12.5. The Labute approximate surface area is 105 Å². The smallest absolute Gasteiger partial charge is 0.218 e. The molecule has 0 unspecified atom stereocenters. The summed E-state index contributed by atoms with van der Waals surface area (Å²) in [5.74, 6) is 0.0967. The number of rotatable bonds is 1. The molecule has 18 heavy (non-hydrogen) atoms. The topological polar surface area (TPSA) is 32.3 Å². The van der Waals surface area contributed by atoms with Gasteiger partial charge in [0.1, 0.15) is 12.1 Å². The van der Waals surface area contributed by atoms with E-state index in [0.29, 0.717) is 5.82 Å². The molecule has 0 N–H and O–H groups in total. The molecular weight excluding hydrogens is 231 g/mol. The quantitative estimate of drug-likeness (QED) is 0.720. The Balaban J connectivity index is 2.07. The van der Waals surface area contributed by atoms with Crippen LogP contribution >= 0.6 is 0 Å². The molecule has 0 saturated carbocycles. The first-order valence-corrected chi connectivity index (χ1v) is 5.81. The monoisotopic (exact) mass is 244 g/mol. The van der Waals surface area contributed by atoms with Gasteiger partial charge in [0.25, 0.3) is 0 Å². The maximum Gasteiger partial charge on any atom is 0.218 e. The zero-order valence-electron chi connectivity index (χ0n) is 10.0. The van der Waals surface area contributed by atoms with Gasteiger partial charge in [0.05, 0.1) is 11.4 Å². The third kappa shape index (κ3) is 1.77. The molecule has 0 bridgehead atoms. The van der Waals surface area contributed by atoms with Gasteiger partial charge in [0.15, 0.2) is 0 Å². The minimum Gasteiger partial charge on any atom is -0.371 e. The summed E-state index contributed by atoms with van der Waals surface area (Å²) in [6, 6.07) is 9.41. The van der Waals surface area contributed by atoms with Crippen molar-refractivity contribution >= 4 is 17.2 Å². The van der Waals surface area contributed by atoms with E-state index in [2.05, 4.69) is 28.0 Å². The largest absolute Gasteiger partial charge is 0.371 e. The van der Waals surface area contributed by atoms with Crippen LogP contribution in [-0.2, 0) is 0 Å². The second kappa shape index (κ2) is 4.25. The highest BCUT2D eigenvalue weighted by Gasteiger charge is 2.21. The highest BCUT2D eigenvalue weighted by molar-refractivity contribution is 5.77. The molecule has 0 radical (unpaired) electrons. The van der Waals surface area contributed by atoms with Gasteiger partial charge in [0.2, 0.25) is 5.95 Å². The Hall–Kier alpha value is -2.17. The standard InChI is InChI=1S/C13H13FN4/c1-17-6-7-18(11-5-3-2-4-10(11)17)13-8-12(14)15-9-16-13/h2-5,8-9H,6-7H2,1H3. The fourth-order valence-electron chi connectivity index (χ4n) is 2.22. The summed E-state index contributed by atoms with van der Waals surface area (Å²) in [5.41, 5.74) is 2.17.